The lowest BCUT2D eigenvalue weighted by Gasteiger charge is -2.57. The summed E-state index contributed by atoms with van der Waals surface area (Å²) in [6, 6.07) is 9.09. The highest BCUT2D eigenvalue weighted by Gasteiger charge is 2.54. The third-order valence-electron chi connectivity index (χ3n) is 12.0. The highest BCUT2D eigenvalue weighted by atomic mass is 16.7. The predicted molar refractivity (Wildman–Crippen MR) is 153 cm³/mol. The van der Waals surface area contributed by atoms with Crippen molar-refractivity contribution >= 4 is 17.5 Å². The van der Waals surface area contributed by atoms with E-state index in [1.54, 1.807) is 24.3 Å². The lowest BCUT2D eigenvalue weighted by molar-refractivity contribution is -0.385. The number of carbonyl (C=O) groups excluding carboxylic acids is 1. The number of hydrogen-bond acceptors (Lipinski definition) is 7. The number of benzene rings is 2. The fourth-order valence-electron chi connectivity index (χ4n) is 11.4. The summed E-state index contributed by atoms with van der Waals surface area (Å²) in [6.07, 6.45) is 12.2. The van der Waals surface area contributed by atoms with Crippen molar-refractivity contribution in [1.82, 2.24) is 0 Å². The van der Waals surface area contributed by atoms with Crippen LogP contribution in [-0.4, -0.2) is 16.0 Å². The molecule has 0 amide bonds. The van der Waals surface area contributed by atoms with Crippen molar-refractivity contribution in [2.45, 2.75) is 87.9 Å². The molecule has 10 rings (SSSR count). The van der Waals surface area contributed by atoms with Gasteiger partial charge in [-0.1, -0.05) is 0 Å². The summed E-state index contributed by atoms with van der Waals surface area (Å²) in [6.45, 7) is 0. The van der Waals surface area contributed by atoms with Crippen LogP contribution in [0.15, 0.2) is 36.4 Å². The van der Waals surface area contributed by atoms with E-state index in [1.165, 1.54) is 50.7 Å². The van der Waals surface area contributed by atoms with E-state index in [0.717, 1.165) is 49.7 Å². The minimum absolute atomic E-state index is 0.000865. The van der Waals surface area contributed by atoms with Gasteiger partial charge in [-0.15, -0.1) is 0 Å². The lowest BCUT2D eigenvalue weighted by Crippen LogP contribution is -2.48. The van der Waals surface area contributed by atoms with E-state index in [0.29, 0.717) is 47.0 Å². The maximum atomic E-state index is 13.5. The molecule has 0 aromatic heterocycles. The van der Waals surface area contributed by atoms with Crippen LogP contribution in [0.3, 0.4) is 0 Å². The Kier molecular flexibility index (Phi) is 5.76. The van der Waals surface area contributed by atoms with Crippen LogP contribution in [0.1, 0.15) is 88.2 Å². The summed E-state index contributed by atoms with van der Waals surface area (Å²) in [5, 5.41) is 23.5. The molecular weight excluding hydrogens is 536 g/mol. The van der Waals surface area contributed by atoms with Gasteiger partial charge in [0.1, 0.15) is 11.5 Å². The molecule has 220 valence electrons. The summed E-state index contributed by atoms with van der Waals surface area (Å²) < 4.78 is 11.8. The summed E-state index contributed by atoms with van der Waals surface area (Å²) in [5.74, 6) is 4.31. The zero-order valence-corrected chi connectivity index (χ0v) is 23.7. The molecule has 8 fully saturated rings. The summed E-state index contributed by atoms with van der Waals surface area (Å²) in [7, 11) is 0. The fourth-order valence-corrected chi connectivity index (χ4v) is 11.4. The second-order valence-electron chi connectivity index (χ2n) is 14.7. The Bertz CT molecular complexity index is 1320. The average molecular weight is 573 g/mol. The van der Waals surface area contributed by atoms with Crippen LogP contribution in [0, 0.1) is 55.7 Å². The third kappa shape index (κ3) is 4.21. The van der Waals surface area contributed by atoms with E-state index < -0.39 is 6.16 Å². The summed E-state index contributed by atoms with van der Waals surface area (Å²) in [5.41, 5.74) is 1.04. The maximum absolute atomic E-state index is 13.5. The first kappa shape index (κ1) is 26.2. The number of carbonyl (C=O) groups is 1. The van der Waals surface area contributed by atoms with Gasteiger partial charge >= 0.3 is 6.16 Å². The SMILES string of the molecule is O=C(Oc1ccc([N+](=O)[O-])cc1C12CC3CC(CC(C3)C1)C2)Oc1ccc([N+](=O)[O-])cc1C12CC3CC(CC(C3)C1)C2. The minimum atomic E-state index is -0.908. The first-order valence-corrected chi connectivity index (χ1v) is 15.6. The summed E-state index contributed by atoms with van der Waals surface area (Å²) in [4.78, 5) is 36.2. The summed E-state index contributed by atoms with van der Waals surface area (Å²) >= 11 is 0. The van der Waals surface area contributed by atoms with Crippen molar-refractivity contribution in [2.24, 2.45) is 35.5 Å². The van der Waals surface area contributed by atoms with Gasteiger partial charge in [0.05, 0.1) is 9.85 Å². The molecule has 2 aromatic carbocycles. The largest absolute Gasteiger partial charge is 0.519 e. The molecule has 8 saturated carbocycles. The number of ether oxygens (including phenoxy) is 2. The van der Waals surface area contributed by atoms with Crippen molar-refractivity contribution in [3.05, 3.63) is 67.8 Å². The zero-order chi connectivity index (χ0) is 28.8. The number of non-ortho nitro benzene ring substituents is 2. The Morgan fingerprint density at radius 1 is 0.595 bits per heavy atom. The Morgan fingerprint density at radius 2 is 0.905 bits per heavy atom. The van der Waals surface area contributed by atoms with Gasteiger partial charge in [0.25, 0.3) is 11.4 Å². The quantitative estimate of drug-likeness (QED) is 0.149. The van der Waals surface area contributed by atoms with Gasteiger partial charge in [0.2, 0.25) is 0 Å². The molecule has 0 radical (unpaired) electrons. The van der Waals surface area contributed by atoms with Crippen molar-refractivity contribution < 1.29 is 24.1 Å². The van der Waals surface area contributed by atoms with Crippen LogP contribution in [0.5, 0.6) is 11.5 Å². The first-order valence-electron chi connectivity index (χ1n) is 15.6. The van der Waals surface area contributed by atoms with Gasteiger partial charge < -0.3 is 9.47 Å². The highest BCUT2D eigenvalue weighted by molar-refractivity contribution is 5.70. The number of nitro benzene ring substituents is 2. The normalized spacial score (nSPS) is 37.0. The first-order chi connectivity index (χ1) is 20.2. The molecule has 8 aliphatic carbocycles. The molecule has 0 saturated heterocycles. The number of rotatable bonds is 6. The lowest BCUT2D eigenvalue weighted by atomic mass is 9.48. The van der Waals surface area contributed by atoms with Crippen LogP contribution < -0.4 is 9.47 Å². The monoisotopic (exact) mass is 572 g/mol. The Labute approximate surface area is 244 Å². The fraction of sp³-hybridized carbons (Fsp3) is 0.606. The smallest absolute Gasteiger partial charge is 0.394 e. The van der Waals surface area contributed by atoms with Crippen LogP contribution in [0.4, 0.5) is 16.2 Å². The van der Waals surface area contributed by atoms with Crippen LogP contribution in [0.25, 0.3) is 0 Å². The van der Waals surface area contributed by atoms with Gasteiger partial charge in [-0.25, -0.2) is 4.79 Å². The Morgan fingerprint density at radius 3 is 1.19 bits per heavy atom. The Balaban J connectivity index is 1.12. The van der Waals surface area contributed by atoms with Crippen molar-refractivity contribution in [1.29, 1.82) is 0 Å². The Hall–Kier alpha value is -3.49. The molecule has 8 bridgehead atoms. The van der Waals surface area contributed by atoms with Crippen LogP contribution >= 0.6 is 0 Å². The molecule has 0 atom stereocenters. The van der Waals surface area contributed by atoms with E-state index in [4.69, 9.17) is 9.47 Å². The second-order valence-corrected chi connectivity index (χ2v) is 14.7. The molecule has 0 spiro atoms. The van der Waals surface area contributed by atoms with Crippen molar-refractivity contribution in [3.63, 3.8) is 0 Å². The van der Waals surface area contributed by atoms with E-state index >= 15 is 0 Å². The van der Waals surface area contributed by atoms with Crippen LogP contribution in [0.2, 0.25) is 0 Å². The van der Waals surface area contributed by atoms with E-state index in [1.807, 2.05) is 0 Å². The van der Waals surface area contributed by atoms with Crippen molar-refractivity contribution in [2.75, 3.05) is 0 Å². The molecule has 9 heteroatoms. The predicted octanol–water partition coefficient (Wildman–Crippen LogP) is 8.02. The van der Waals surface area contributed by atoms with E-state index in [9.17, 15) is 25.0 Å². The standard InChI is InChI=1S/C33H36N2O7/c36-31(41-29-3-1-25(34(37)38)11-27(29)32-13-19-5-20(14-32)7-21(6-19)15-32)42-30-4-2-26(35(39)40)12-28(30)33-16-22-8-23(17-33)10-24(9-22)18-33/h1-4,11-12,19-24H,5-10,13-18H2. The van der Waals surface area contributed by atoms with Gasteiger partial charge in [0, 0.05) is 46.2 Å². The number of nitro groups is 2. The topological polar surface area (TPSA) is 122 Å². The molecule has 0 heterocycles. The van der Waals surface area contributed by atoms with E-state index in [2.05, 4.69) is 0 Å². The molecule has 0 N–H and O–H groups in total. The highest BCUT2D eigenvalue weighted by Crippen LogP contribution is 2.63. The third-order valence-corrected chi connectivity index (χ3v) is 12.0. The molecular formula is C33H36N2O7. The molecule has 0 unspecified atom stereocenters. The van der Waals surface area contributed by atoms with Gasteiger partial charge in [-0.2, -0.15) is 0 Å². The van der Waals surface area contributed by atoms with Gasteiger partial charge in [-0.05, 0) is 125 Å². The van der Waals surface area contributed by atoms with Crippen LogP contribution in [-0.2, 0) is 10.8 Å². The maximum Gasteiger partial charge on any atom is 0.519 e. The number of nitrogens with zero attached hydrogens (tertiary/aromatic N) is 2. The van der Waals surface area contributed by atoms with Gasteiger partial charge in [0.15, 0.2) is 0 Å². The number of hydrogen-bond donors (Lipinski definition) is 0. The molecule has 42 heavy (non-hydrogen) atoms. The average Bonchev–Trinajstić information content (AvgIpc) is 2.91. The van der Waals surface area contributed by atoms with Crippen molar-refractivity contribution in [3.8, 4) is 11.5 Å². The molecule has 8 aliphatic rings. The zero-order valence-electron chi connectivity index (χ0n) is 23.7. The van der Waals surface area contributed by atoms with E-state index in [-0.39, 0.29) is 32.1 Å². The molecule has 0 aliphatic heterocycles. The molecule has 2 aromatic rings. The molecule has 9 nitrogen and oxygen atoms in total. The minimum Gasteiger partial charge on any atom is -0.394 e. The second kappa shape index (κ2) is 9.25. The van der Waals surface area contributed by atoms with Gasteiger partial charge in [-0.3, -0.25) is 20.2 Å².